The Balaban J connectivity index is 0. The summed E-state index contributed by atoms with van der Waals surface area (Å²) in [4.78, 5) is 10.4. The molecule has 0 aromatic heterocycles. The summed E-state index contributed by atoms with van der Waals surface area (Å²) in [6.07, 6.45) is 1.73. The van der Waals surface area contributed by atoms with Gasteiger partial charge in [-0.25, -0.2) is 0 Å². The Hall–Kier alpha value is 0.0674. The molecule has 2 N–H and O–H groups in total. The summed E-state index contributed by atoms with van der Waals surface area (Å²) < 4.78 is 0. The van der Waals surface area contributed by atoms with Gasteiger partial charge in [0.05, 0.1) is 0 Å². The monoisotopic (exact) mass is 123 g/mol. The maximum absolute atomic E-state index is 10.4. The van der Waals surface area contributed by atoms with Crippen molar-refractivity contribution in [2.45, 2.75) is 26.7 Å². The van der Waals surface area contributed by atoms with Crippen LogP contribution < -0.4 is 5.73 Å². The van der Waals surface area contributed by atoms with Crippen LogP contribution in [0.2, 0.25) is 0 Å². The van der Waals surface area contributed by atoms with E-state index in [1.165, 1.54) is 0 Å². The zero-order valence-corrected chi connectivity index (χ0v) is 5.48. The van der Waals surface area contributed by atoms with Gasteiger partial charge in [0.1, 0.15) is 0 Å². The first-order valence-electron chi connectivity index (χ1n) is 3.01. The van der Waals surface area contributed by atoms with Gasteiger partial charge in [0.25, 0.3) is 0 Å². The van der Waals surface area contributed by atoms with Crippen molar-refractivity contribution < 1.29 is 4.79 Å². The predicted octanol–water partition coefficient (Wildman–Crippen LogP) is 0.259. The zero-order chi connectivity index (χ0) is 6.57. The van der Waals surface area contributed by atoms with Crippen LogP contribution in [0.25, 0.3) is 0 Å². The van der Waals surface area contributed by atoms with Gasteiger partial charge in [-0.15, -0.1) is 0 Å². The van der Waals surface area contributed by atoms with Crippen LogP contribution in [-0.4, -0.2) is 24.8 Å². The second-order valence-electron chi connectivity index (χ2n) is 1.92. The van der Waals surface area contributed by atoms with Crippen molar-refractivity contribution >= 4 is 24.8 Å². The van der Waals surface area contributed by atoms with Gasteiger partial charge in [0, 0.05) is 5.92 Å². The molecule has 2 nitrogen and oxygen atoms in total. The van der Waals surface area contributed by atoms with E-state index < -0.39 is 0 Å². The molecule has 0 saturated heterocycles. The first-order valence-corrected chi connectivity index (χ1v) is 3.01. The van der Waals surface area contributed by atoms with Crippen LogP contribution in [0.3, 0.4) is 0 Å². The summed E-state index contributed by atoms with van der Waals surface area (Å²) in [7, 11) is 0. The molecule has 0 aromatic rings. The Labute approximate surface area is 68.4 Å². The minimum absolute atomic E-state index is 0. The van der Waals surface area contributed by atoms with Gasteiger partial charge < -0.3 is 5.73 Å². The molecule has 0 atom stereocenters. The molecule has 0 spiro atoms. The van der Waals surface area contributed by atoms with Gasteiger partial charge in [-0.3, -0.25) is 4.79 Å². The number of amides is 1. The van der Waals surface area contributed by atoms with Crippen molar-refractivity contribution in [3.05, 3.63) is 0 Å². The second-order valence-corrected chi connectivity index (χ2v) is 1.92. The number of rotatable bonds is 3. The summed E-state index contributed by atoms with van der Waals surface area (Å²) >= 11 is 0. The van der Waals surface area contributed by atoms with E-state index in [-0.39, 0.29) is 30.7 Å². The molecule has 0 unspecified atom stereocenters. The van der Waals surface area contributed by atoms with Crippen LogP contribution in [-0.2, 0) is 4.79 Å². The van der Waals surface area contributed by atoms with E-state index in [1.54, 1.807) is 0 Å². The third-order valence-electron chi connectivity index (χ3n) is 1.39. The van der Waals surface area contributed by atoms with Crippen molar-refractivity contribution in [3.8, 4) is 0 Å². The average molecular weight is 123 g/mol. The van der Waals surface area contributed by atoms with E-state index >= 15 is 0 Å². The van der Waals surface area contributed by atoms with E-state index in [9.17, 15) is 4.79 Å². The topological polar surface area (TPSA) is 43.1 Å². The van der Waals surface area contributed by atoms with Crippen LogP contribution in [0.4, 0.5) is 0 Å². The molecule has 0 bridgehead atoms. The molecular formula is C6H14LiNO. The fraction of sp³-hybridized carbons (Fsp3) is 0.833. The van der Waals surface area contributed by atoms with Crippen molar-refractivity contribution in [2.75, 3.05) is 0 Å². The summed E-state index contributed by atoms with van der Waals surface area (Å²) in [6.45, 7) is 3.94. The fourth-order valence-corrected chi connectivity index (χ4v) is 0.691. The van der Waals surface area contributed by atoms with Crippen LogP contribution >= 0.6 is 0 Å². The van der Waals surface area contributed by atoms with Crippen LogP contribution in [0.5, 0.6) is 0 Å². The third kappa shape index (κ3) is 4.56. The van der Waals surface area contributed by atoms with Crippen LogP contribution in [0.15, 0.2) is 0 Å². The Morgan fingerprint density at radius 3 is 1.78 bits per heavy atom. The quantitative estimate of drug-likeness (QED) is 0.537. The van der Waals surface area contributed by atoms with Gasteiger partial charge in [0.2, 0.25) is 5.91 Å². The van der Waals surface area contributed by atoms with E-state index in [0.29, 0.717) is 0 Å². The van der Waals surface area contributed by atoms with E-state index in [0.717, 1.165) is 12.8 Å². The van der Waals surface area contributed by atoms with Crippen molar-refractivity contribution in [1.29, 1.82) is 0 Å². The SMILES string of the molecule is CCC(CC)C(N)=O.[LiH]. The van der Waals surface area contributed by atoms with E-state index in [4.69, 9.17) is 5.73 Å². The molecule has 3 heteroatoms. The van der Waals surface area contributed by atoms with E-state index in [1.807, 2.05) is 13.8 Å². The first-order chi connectivity index (χ1) is 3.72. The summed E-state index contributed by atoms with van der Waals surface area (Å²) in [5.74, 6) is -0.0787. The molecule has 0 saturated carbocycles. The van der Waals surface area contributed by atoms with Crippen molar-refractivity contribution in [1.82, 2.24) is 0 Å². The van der Waals surface area contributed by atoms with Crippen LogP contribution in [0.1, 0.15) is 26.7 Å². The molecule has 0 heterocycles. The number of hydrogen-bond donors (Lipinski definition) is 1. The predicted molar refractivity (Wildman–Crippen MR) is 40.4 cm³/mol. The van der Waals surface area contributed by atoms with Gasteiger partial charge in [0.15, 0.2) is 0 Å². The van der Waals surface area contributed by atoms with Crippen molar-refractivity contribution in [2.24, 2.45) is 11.7 Å². The Kier molecular flexibility index (Phi) is 8.13. The van der Waals surface area contributed by atoms with Crippen molar-refractivity contribution in [3.63, 3.8) is 0 Å². The molecule has 0 aliphatic carbocycles. The number of nitrogens with two attached hydrogens (primary N) is 1. The van der Waals surface area contributed by atoms with Gasteiger partial charge in [-0.05, 0) is 12.8 Å². The number of carbonyl (C=O) groups excluding carboxylic acids is 1. The molecular weight excluding hydrogens is 109 g/mol. The molecule has 1 amide bonds. The standard InChI is InChI=1S/C6H13NO.Li.H/c1-3-5(4-2)6(7)8;;/h5H,3-4H2,1-2H3,(H2,7,8);;. The van der Waals surface area contributed by atoms with Gasteiger partial charge in [-0.2, -0.15) is 0 Å². The van der Waals surface area contributed by atoms with Gasteiger partial charge in [-0.1, -0.05) is 13.8 Å². The molecule has 0 aromatic carbocycles. The molecule has 0 radical (unpaired) electrons. The fourth-order valence-electron chi connectivity index (χ4n) is 0.691. The Morgan fingerprint density at radius 1 is 1.44 bits per heavy atom. The molecule has 0 aliphatic heterocycles. The van der Waals surface area contributed by atoms with Crippen LogP contribution in [0, 0.1) is 5.92 Å². The second kappa shape index (κ2) is 6.19. The zero-order valence-electron chi connectivity index (χ0n) is 5.48. The normalized spacial score (nSPS) is 8.78. The van der Waals surface area contributed by atoms with E-state index in [2.05, 4.69) is 0 Å². The third-order valence-corrected chi connectivity index (χ3v) is 1.39. The number of carbonyl (C=O) groups is 1. The van der Waals surface area contributed by atoms with Gasteiger partial charge >= 0.3 is 18.9 Å². The average Bonchev–Trinajstić information content (AvgIpc) is 1.69. The number of primary amides is 1. The molecule has 0 fully saturated rings. The molecule has 50 valence electrons. The summed E-state index contributed by atoms with van der Waals surface area (Å²) in [6, 6.07) is 0. The summed E-state index contributed by atoms with van der Waals surface area (Å²) in [5, 5.41) is 0. The maximum atomic E-state index is 10.4. The number of hydrogen-bond acceptors (Lipinski definition) is 1. The minimum atomic E-state index is -0.171. The molecule has 0 aliphatic rings. The Bertz CT molecular complexity index is 81.1. The summed E-state index contributed by atoms with van der Waals surface area (Å²) in [5.41, 5.74) is 5.02. The first kappa shape index (κ1) is 11.8. The molecule has 0 rings (SSSR count). The molecule has 9 heavy (non-hydrogen) atoms. The Morgan fingerprint density at radius 2 is 1.78 bits per heavy atom.